The minimum Gasteiger partial charge on any atom is -0.378 e. The van der Waals surface area contributed by atoms with Crippen molar-refractivity contribution < 1.29 is 4.74 Å². The molecule has 0 radical (unpaired) electrons. The Morgan fingerprint density at radius 3 is 2.59 bits per heavy atom. The molecule has 2 fully saturated rings. The number of hydrogen-bond donors (Lipinski definition) is 1. The van der Waals surface area contributed by atoms with Crippen LogP contribution in [-0.2, 0) is 4.74 Å². The molecular weight excluding hydrogens is 210 g/mol. The lowest BCUT2D eigenvalue weighted by atomic mass is 9.76. The highest BCUT2D eigenvalue weighted by Crippen LogP contribution is 2.36. The molecule has 2 heteroatoms. The van der Waals surface area contributed by atoms with Gasteiger partial charge in [0.1, 0.15) is 0 Å². The van der Waals surface area contributed by atoms with Crippen molar-refractivity contribution in [1.29, 1.82) is 0 Å². The third kappa shape index (κ3) is 4.59. The minimum absolute atomic E-state index is 0.555. The molecule has 1 N–H and O–H groups in total. The number of rotatable bonds is 5. The maximum atomic E-state index is 6.01. The van der Waals surface area contributed by atoms with E-state index in [0.29, 0.717) is 11.5 Å². The van der Waals surface area contributed by atoms with Crippen LogP contribution < -0.4 is 5.32 Å². The second kappa shape index (κ2) is 6.19. The van der Waals surface area contributed by atoms with Crippen molar-refractivity contribution in [2.24, 2.45) is 5.41 Å². The maximum absolute atomic E-state index is 6.01. The topological polar surface area (TPSA) is 21.3 Å². The molecule has 0 aromatic rings. The van der Waals surface area contributed by atoms with E-state index < -0.39 is 0 Å². The largest absolute Gasteiger partial charge is 0.378 e. The number of nitrogens with one attached hydrogen (secondary N) is 1. The van der Waals surface area contributed by atoms with E-state index in [2.05, 4.69) is 19.2 Å². The molecule has 1 unspecified atom stereocenters. The van der Waals surface area contributed by atoms with Crippen molar-refractivity contribution in [3.8, 4) is 0 Å². The highest BCUT2D eigenvalue weighted by molar-refractivity contribution is 4.79. The van der Waals surface area contributed by atoms with Crippen molar-refractivity contribution in [2.45, 2.75) is 77.4 Å². The Kier molecular flexibility index (Phi) is 4.87. The molecule has 0 amide bonds. The molecule has 1 saturated heterocycles. The molecule has 100 valence electrons. The van der Waals surface area contributed by atoms with Gasteiger partial charge in [0.05, 0.1) is 6.10 Å². The van der Waals surface area contributed by atoms with Gasteiger partial charge < -0.3 is 10.1 Å². The Hall–Kier alpha value is -0.0800. The van der Waals surface area contributed by atoms with Gasteiger partial charge in [-0.2, -0.15) is 0 Å². The maximum Gasteiger partial charge on any atom is 0.0575 e. The molecule has 1 atom stereocenters. The van der Waals surface area contributed by atoms with Gasteiger partial charge in [-0.15, -0.1) is 0 Å². The van der Waals surface area contributed by atoms with Gasteiger partial charge in [-0.3, -0.25) is 0 Å². The van der Waals surface area contributed by atoms with Gasteiger partial charge in [0.2, 0.25) is 0 Å². The Labute approximate surface area is 107 Å². The van der Waals surface area contributed by atoms with Gasteiger partial charge in [-0.25, -0.2) is 0 Å². The predicted octanol–water partition coefficient (Wildman–Crippen LogP) is 3.50. The third-order valence-electron chi connectivity index (χ3n) is 4.50. The molecule has 1 heterocycles. The Morgan fingerprint density at radius 1 is 1.18 bits per heavy atom. The Balaban J connectivity index is 1.51. The average molecular weight is 239 g/mol. The lowest BCUT2D eigenvalue weighted by molar-refractivity contribution is 0.00232. The minimum atomic E-state index is 0.555. The van der Waals surface area contributed by atoms with Crippen LogP contribution in [0, 0.1) is 5.41 Å². The van der Waals surface area contributed by atoms with E-state index in [4.69, 9.17) is 4.74 Å². The van der Waals surface area contributed by atoms with Gasteiger partial charge in [-0.1, -0.05) is 13.8 Å². The van der Waals surface area contributed by atoms with E-state index in [1.165, 1.54) is 57.9 Å². The first-order valence-corrected chi connectivity index (χ1v) is 7.51. The zero-order chi connectivity index (χ0) is 12.1. The smallest absolute Gasteiger partial charge is 0.0575 e. The third-order valence-corrected chi connectivity index (χ3v) is 4.50. The monoisotopic (exact) mass is 239 g/mol. The molecule has 1 aliphatic carbocycles. The lowest BCUT2D eigenvalue weighted by Crippen LogP contribution is -2.27. The van der Waals surface area contributed by atoms with Gasteiger partial charge in [0, 0.05) is 12.6 Å². The summed E-state index contributed by atoms with van der Waals surface area (Å²) in [5.74, 6) is 0. The fraction of sp³-hybridized carbons (Fsp3) is 1.00. The molecule has 2 aliphatic rings. The molecule has 2 rings (SSSR count). The molecule has 0 spiro atoms. The van der Waals surface area contributed by atoms with Crippen LogP contribution in [0.1, 0.15) is 65.2 Å². The molecule has 0 aromatic carbocycles. The highest BCUT2D eigenvalue weighted by Gasteiger charge is 2.27. The Bertz CT molecular complexity index is 211. The normalized spacial score (nSPS) is 29.6. The molecular formula is C15H29NO. The standard InChI is InChI=1S/C15H29NO/c1-15(2)9-7-14(8-10-15)17-12-4-6-13-5-3-11-16-13/h13-14,16H,3-12H2,1-2H3. The predicted molar refractivity (Wildman–Crippen MR) is 72.2 cm³/mol. The summed E-state index contributed by atoms with van der Waals surface area (Å²) in [4.78, 5) is 0. The summed E-state index contributed by atoms with van der Waals surface area (Å²) < 4.78 is 6.01. The fourth-order valence-electron chi connectivity index (χ4n) is 3.12. The summed E-state index contributed by atoms with van der Waals surface area (Å²) in [6.07, 6.45) is 11.0. The average Bonchev–Trinajstić information content (AvgIpc) is 2.79. The molecule has 2 nitrogen and oxygen atoms in total. The van der Waals surface area contributed by atoms with E-state index >= 15 is 0 Å². The number of ether oxygens (including phenoxy) is 1. The van der Waals surface area contributed by atoms with Crippen LogP contribution >= 0.6 is 0 Å². The van der Waals surface area contributed by atoms with Crippen molar-refractivity contribution in [3.05, 3.63) is 0 Å². The summed E-state index contributed by atoms with van der Waals surface area (Å²) in [5, 5.41) is 3.55. The quantitative estimate of drug-likeness (QED) is 0.741. The van der Waals surface area contributed by atoms with Crippen LogP contribution in [-0.4, -0.2) is 25.3 Å². The van der Waals surface area contributed by atoms with Gasteiger partial charge in [-0.05, 0) is 63.3 Å². The molecule has 17 heavy (non-hydrogen) atoms. The summed E-state index contributed by atoms with van der Waals surface area (Å²) in [6, 6.07) is 0.781. The zero-order valence-electron chi connectivity index (χ0n) is 11.6. The van der Waals surface area contributed by atoms with Crippen molar-refractivity contribution in [3.63, 3.8) is 0 Å². The molecule has 0 bridgehead atoms. The van der Waals surface area contributed by atoms with Crippen molar-refractivity contribution in [2.75, 3.05) is 13.2 Å². The van der Waals surface area contributed by atoms with Crippen LogP contribution in [0.15, 0.2) is 0 Å². The van der Waals surface area contributed by atoms with E-state index in [1.54, 1.807) is 0 Å². The van der Waals surface area contributed by atoms with E-state index in [1.807, 2.05) is 0 Å². The van der Waals surface area contributed by atoms with Gasteiger partial charge >= 0.3 is 0 Å². The van der Waals surface area contributed by atoms with Crippen LogP contribution in [0.2, 0.25) is 0 Å². The van der Waals surface area contributed by atoms with Crippen LogP contribution in [0.25, 0.3) is 0 Å². The van der Waals surface area contributed by atoms with Crippen LogP contribution in [0.3, 0.4) is 0 Å². The van der Waals surface area contributed by atoms with Crippen molar-refractivity contribution in [1.82, 2.24) is 5.32 Å². The molecule has 0 aromatic heterocycles. The Morgan fingerprint density at radius 2 is 1.94 bits per heavy atom. The highest BCUT2D eigenvalue weighted by atomic mass is 16.5. The van der Waals surface area contributed by atoms with Crippen LogP contribution in [0.4, 0.5) is 0 Å². The first-order chi connectivity index (χ1) is 8.16. The molecule has 1 aliphatic heterocycles. The summed E-state index contributed by atoms with van der Waals surface area (Å²) in [7, 11) is 0. The first kappa shape index (κ1) is 13.4. The summed E-state index contributed by atoms with van der Waals surface area (Å²) in [6.45, 7) is 6.97. The zero-order valence-corrected chi connectivity index (χ0v) is 11.6. The fourth-order valence-corrected chi connectivity index (χ4v) is 3.12. The number of hydrogen-bond acceptors (Lipinski definition) is 2. The van der Waals surface area contributed by atoms with E-state index in [9.17, 15) is 0 Å². The first-order valence-electron chi connectivity index (χ1n) is 7.51. The summed E-state index contributed by atoms with van der Waals surface area (Å²) in [5.41, 5.74) is 0.563. The van der Waals surface area contributed by atoms with Gasteiger partial charge in [0.25, 0.3) is 0 Å². The van der Waals surface area contributed by atoms with Gasteiger partial charge in [0.15, 0.2) is 0 Å². The lowest BCUT2D eigenvalue weighted by Gasteiger charge is -2.34. The van der Waals surface area contributed by atoms with E-state index in [-0.39, 0.29) is 0 Å². The van der Waals surface area contributed by atoms with Crippen LogP contribution in [0.5, 0.6) is 0 Å². The van der Waals surface area contributed by atoms with E-state index in [0.717, 1.165) is 12.6 Å². The van der Waals surface area contributed by atoms with Crippen molar-refractivity contribution >= 4 is 0 Å². The molecule has 1 saturated carbocycles. The SMILES string of the molecule is CC1(C)CCC(OCCCC2CCCN2)CC1. The second-order valence-electron chi connectivity index (χ2n) is 6.67. The summed E-state index contributed by atoms with van der Waals surface area (Å²) >= 11 is 0. The second-order valence-corrected chi connectivity index (χ2v) is 6.67.